The van der Waals surface area contributed by atoms with Gasteiger partial charge >= 0.3 is 0 Å². The zero-order valence-corrected chi connectivity index (χ0v) is 8.91. The first-order valence-electron chi connectivity index (χ1n) is 4.92. The Morgan fingerprint density at radius 2 is 1.88 bits per heavy atom. The van der Waals surface area contributed by atoms with Gasteiger partial charge in [-0.1, -0.05) is 30.8 Å². The van der Waals surface area contributed by atoms with Gasteiger partial charge in [0.1, 0.15) is 0 Å². The van der Waals surface area contributed by atoms with E-state index in [1.54, 1.807) is 12.1 Å². The molecule has 0 spiro atoms. The summed E-state index contributed by atoms with van der Waals surface area (Å²) in [6.07, 6.45) is 1.53. The van der Waals surface area contributed by atoms with Crippen LogP contribution in [0.3, 0.4) is 0 Å². The minimum Gasteiger partial charge on any atom is -0.355 e. The number of carbonyl (C=O) groups is 2. The monoisotopic (exact) mass is 213 g/mol. The topological polar surface area (TPSA) is 46.2 Å². The molecule has 1 aliphatic carbocycles. The Morgan fingerprint density at radius 3 is 2.50 bits per heavy atom. The lowest BCUT2D eigenvalue weighted by Gasteiger charge is -2.16. The molecule has 1 aromatic rings. The van der Waals surface area contributed by atoms with E-state index in [0.717, 1.165) is 5.56 Å². The van der Waals surface area contributed by atoms with Crippen molar-refractivity contribution in [3.05, 3.63) is 53.6 Å². The molecule has 2 rings (SSSR count). The first-order chi connectivity index (χ1) is 7.65. The van der Waals surface area contributed by atoms with Crippen LogP contribution in [0.2, 0.25) is 0 Å². The van der Waals surface area contributed by atoms with Gasteiger partial charge in [0.2, 0.25) is 0 Å². The summed E-state index contributed by atoms with van der Waals surface area (Å²) in [4.78, 5) is 23.5. The standard InChI is InChI=1S/C13H11NO2/c1-8-7-11(13(16)14-2)12(15)10-6-4-3-5-9(8)10/h3-7H,1H2,2H3,(H,14,16). The highest BCUT2D eigenvalue weighted by molar-refractivity contribution is 6.29. The number of ketones is 1. The van der Waals surface area contributed by atoms with Crippen LogP contribution in [0.1, 0.15) is 15.9 Å². The van der Waals surface area contributed by atoms with Crippen molar-refractivity contribution in [3.8, 4) is 0 Å². The van der Waals surface area contributed by atoms with E-state index in [1.165, 1.54) is 13.1 Å². The van der Waals surface area contributed by atoms with E-state index in [2.05, 4.69) is 11.9 Å². The van der Waals surface area contributed by atoms with Crippen molar-refractivity contribution in [1.82, 2.24) is 5.32 Å². The van der Waals surface area contributed by atoms with Gasteiger partial charge < -0.3 is 5.32 Å². The molecule has 0 unspecified atom stereocenters. The number of fused-ring (bicyclic) bond motifs is 1. The number of likely N-dealkylation sites (N-methyl/N-ethyl adjacent to an activating group) is 1. The van der Waals surface area contributed by atoms with Crippen molar-refractivity contribution in [1.29, 1.82) is 0 Å². The number of nitrogens with one attached hydrogen (secondary N) is 1. The molecule has 80 valence electrons. The van der Waals surface area contributed by atoms with Crippen molar-refractivity contribution >= 4 is 17.3 Å². The lowest BCUT2D eigenvalue weighted by atomic mass is 9.87. The molecule has 0 heterocycles. The molecular weight excluding hydrogens is 202 g/mol. The predicted molar refractivity (Wildman–Crippen MR) is 62.0 cm³/mol. The molecule has 3 heteroatoms. The second-order valence-electron chi connectivity index (χ2n) is 3.54. The molecule has 0 aromatic heterocycles. The third-order valence-corrected chi connectivity index (χ3v) is 2.55. The molecule has 0 saturated heterocycles. The van der Waals surface area contributed by atoms with E-state index >= 15 is 0 Å². The van der Waals surface area contributed by atoms with Crippen molar-refractivity contribution in [3.63, 3.8) is 0 Å². The molecular formula is C13H11NO2. The van der Waals surface area contributed by atoms with Gasteiger partial charge in [0.15, 0.2) is 5.78 Å². The average molecular weight is 213 g/mol. The number of carbonyl (C=O) groups excluding carboxylic acids is 2. The normalized spacial score (nSPS) is 14.2. The third kappa shape index (κ3) is 1.46. The van der Waals surface area contributed by atoms with Crippen molar-refractivity contribution in [2.45, 2.75) is 0 Å². The van der Waals surface area contributed by atoms with Crippen molar-refractivity contribution in [2.75, 3.05) is 7.05 Å². The Hall–Kier alpha value is -2.16. The predicted octanol–water partition coefficient (Wildman–Crippen LogP) is 1.57. The minimum absolute atomic E-state index is 0.145. The van der Waals surface area contributed by atoms with E-state index in [1.807, 2.05) is 12.1 Å². The van der Waals surface area contributed by atoms with E-state index in [9.17, 15) is 9.59 Å². The molecule has 0 fully saturated rings. The molecule has 3 nitrogen and oxygen atoms in total. The summed E-state index contributed by atoms with van der Waals surface area (Å²) in [6, 6.07) is 7.15. The SMILES string of the molecule is C=C1C=C(C(=O)NC)C(=O)c2ccccc21. The van der Waals surface area contributed by atoms with Crippen LogP contribution in [-0.4, -0.2) is 18.7 Å². The highest BCUT2D eigenvalue weighted by Crippen LogP contribution is 2.27. The summed E-state index contributed by atoms with van der Waals surface area (Å²) in [7, 11) is 1.50. The highest BCUT2D eigenvalue weighted by atomic mass is 16.2. The van der Waals surface area contributed by atoms with Gasteiger partial charge in [-0.05, 0) is 17.2 Å². The zero-order valence-electron chi connectivity index (χ0n) is 8.91. The molecule has 0 aliphatic heterocycles. The quantitative estimate of drug-likeness (QED) is 0.720. The molecule has 0 bridgehead atoms. The number of rotatable bonds is 1. The van der Waals surface area contributed by atoms with Gasteiger partial charge in [-0.25, -0.2) is 0 Å². The van der Waals surface area contributed by atoms with Gasteiger partial charge in [0.05, 0.1) is 5.57 Å². The maximum Gasteiger partial charge on any atom is 0.255 e. The van der Waals surface area contributed by atoms with E-state index in [-0.39, 0.29) is 17.3 Å². The number of amides is 1. The van der Waals surface area contributed by atoms with Gasteiger partial charge in [-0.3, -0.25) is 9.59 Å². The number of allylic oxidation sites excluding steroid dienone is 2. The third-order valence-electron chi connectivity index (χ3n) is 2.55. The summed E-state index contributed by atoms with van der Waals surface area (Å²) < 4.78 is 0. The first kappa shape index (κ1) is 10.4. The number of Topliss-reactive ketones (excluding diaryl/α,β-unsaturated/α-hetero) is 1. The first-order valence-corrected chi connectivity index (χ1v) is 4.92. The number of benzene rings is 1. The van der Waals surface area contributed by atoms with Gasteiger partial charge in [0.25, 0.3) is 5.91 Å². The zero-order chi connectivity index (χ0) is 11.7. The summed E-state index contributed by atoms with van der Waals surface area (Å²) >= 11 is 0. The van der Waals surface area contributed by atoms with Crippen LogP contribution in [0.25, 0.3) is 5.57 Å². The lowest BCUT2D eigenvalue weighted by Crippen LogP contribution is -2.27. The Kier molecular flexibility index (Phi) is 2.44. The van der Waals surface area contributed by atoms with Gasteiger partial charge in [0, 0.05) is 12.6 Å². The largest absolute Gasteiger partial charge is 0.355 e. The Bertz CT molecular complexity index is 526. The van der Waals surface area contributed by atoms with E-state index in [0.29, 0.717) is 11.1 Å². The van der Waals surface area contributed by atoms with Crippen molar-refractivity contribution < 1.29 is 9.59 Å². The average Bonchev–Trinajstić information content (AvgIpc) is 2.33. The fourth-order valence-corrected chi connectivity index (χ4v) is 1.73. The van der Waals surface area contributed by atoms with Crippen LogP contribution in [0.4, 0.5) is 0 Å². The molecule has 0 radical (unpaired) electrons. The lowest BCUT2D eigenvalue weighted by molar-refractivity contribution is -0.116. The van der Waals surface area contributed by atoms with Crippen LogP contribution in [-0.2, 0) is 4.79 Å². The summed E-state index contributed by atoms with van der Waals surface area (Å²) in [5.41, 5.74) is 2.16. The van der Waals surface area contributed by atoms with Gasteiger partial charge in [-0.15, -0.1) is 0 Å². The minimum atomic E-state index is -0.374. The molecule has 16 heavy (non-hydrogen) atoms. The van der Waals surface area contributed by atoms with Crippen molar-refractivity contribution in [2.24, 2.45) is 0 Å². The van der Waals surface area contributed by atoms with Crippen LogP contribution in [0.15, 0.2) is 42.5 Å². The highest BCUT2D eigenvalue weighted by Gasteiger charge is 2.25. The second kappa shape index (κ2) is 3.77. The Balaban J connectivity index is 2.56. The summed E-state index contributed by atoms with van der Waals surface area (Å²) in [6.45, 7) is 3.85. The molecule has 0 saturated carbocycles. The Labute approximate surface area is 93.5 Å². The molecule has 1 N–H and O–H groups in total. The maximum absolute atomic E-state index is 12.0. The fraction of sp³-hybridized carbons (Fsp3) is 0.0769. The smallest absolute Gasteiger partial charge is 0.255 e. The van der Waals surface area contributed by atoms with E-state index in [4.69, 9.17) is 0 Å². The molecule has 1 aromatic carbocycles. The van der Waals surface area contributed by atoms with Crippen LogP contribution in [0, 0.1) is 0 Å². The van der Waals surface area contributed by atoms with Crippen LogP contribution < -0.4 is 5.32 Å². The summed E-state index contributed by atoms with van der Waals surface area (Å²) in [5.74, 6) is -0.622. The molecule has 0 atom stereocenters. The Morgan fingerprint density at radius 1 is 1.25 bits per heavy atom. The number of hydrogen-bond donors (Lipinski definition) is 1. The molecule has 1 amide bonds. The maximum atomic E-state index is 12.0. The number of hydrogen-bond acceptors (Lipinski definition) is 2. The second-order valence-corrected chi connectivity index (χ2v) is 3.54. The van der Waals surface area contributed by atoms with Crippen LogP contribution in [0.5, 0.6) is 0 Å². The van der Waals surface area contributed by atoms with Gasteiger partial charge in [-0.2, -0.15) is 0 Å². The fourth-order valence-electron chi connectivity index (χ4n) is 1.73. The van der Waals surface area contributed by atoms with Crippen LogP contribution >= 0.6 is 0 Å². The van der Waals surface area contributed by atoms with E-state index < -0.39 is 0 Å². The summed E-state index contributed by atoms with van der Waals surface area (Å²) in [5, 5.41) is 2.45. The molecule has 1 aliphatic rings.